The first-order valence-electron chi connectivity index (χ1n) is 21.3. The monoisotopic (exact) mass is 926 g/mol. The fraction of sp³-hybridized carbons (Fsp3) is 0.140. The van der Waals surface area contributed by atoms with E-state index >= 15 is 0 Å². The topological polar surface area (TPSA) is 198 Å². The van der Waals surface area contributed by atoms with Crippen molar-refractivity contribution in [3.8, 4) is 21.8 Å². The van der Waals surface area contributed by atoms with Gasteiger partial charge in [0.25, 0.3) is 17.7 Å². The Morgan fingerprint density at radius 3 is 2.46 bits per heavy atom. The van der Waals surface area contributed by atoms with Crippen molar-refractivity contribution in [3.05, 3.63) is 165 Å². The molecule has 3 aromatic carbocycles. The Hall–Kier alpha value is -7.92. The lowest BCUT2D eigenvalue weighted by Gasteiger charge is -2.18. The molecule has 2 aliphatic rings. The molecular formula is C50H43ClN12O3S. The highest BCUT2D eigenvalue weighted by molar-refractivity contribution is 7.13. The van der Waals surface area contributed by atoms with Gasteiger partial charge in [0, 0.05) is 83.9 Å². The number of nitrogens with zero attached hydrogens (tertiary/aromatic N) is 8. The third-order valence-electron chi connectivity index (χ3n) is 11.1. The summed E-state index contributed by atoms with van der Waals surface area (Å²) in [5, 5.41) is 10.5. The number of amides is 3. The normalized spacial score (nSPS) is 12.6. The fourth-order valence-corrected chi connectivity index (χ4v) is 8.81. The van der Waals surface area contributed by atoms with Gasteiger partial charge in [-0.3, -0.25) is 34.2 Å². The zero-order chi connectivity index (χ0) is 46.8. The molecule has 17 heteroatoms. The number of hydrogen-bond acceptors (Lipinski definition) is 13. The van der Waals surface area contributed by atoms with Crippen LogP contribution >= 0.6 is 22.9 Å². The zero-order valence-corrected chi connectivity index (χ0v) is 38.4. The molecule has 0 saturated carbocycles. The van der Waals surface area contributed by atoms with Crippen molar-refractivity contribution >= 4 is 85.6 Å². The number of fused-ring (bicyclic) bond motifs is 7. The van der Waals surface area contributed by atoms with Crippen LogP contribution in [0.4, 0.5) is 17.3 Å². The lowest BCUT2D eigenvalue weighted by atomic mass is 10.1. The van der Waals surface area contributed by atoms with Crippen molar-refractivity contribution in [3.63, 3.8) is 0 Å². The van der Waals surface area contributed by atoms with E-state index in [2.05, 4.69) is 76.3 Å². The van der Waals surface area contributed by atoms with Gasteiger partial charge in [-0.05, 0) is 121 Å². The van der Waals surface area contributed by atoms with Gasteiger partial charge in [-0.1, -0.05) is 35.9 Å². The first-order valence-corrected chi connectivity index (χ1v) is 22.5. The van der Waals surface area contributed by atoms with E-state index < -0.39 is 5.91 Å². The summed E-state index contributed by atoms with van der Waals surface area (Å²) < 4.78 is 2.13. The quantitative estimate of drug-likeness (QED) is 0.106. The number of aryl methyl sites for hydroxylation is 3. The van der Waals surface area contributed by atoms with Crippen molar-refractivity contribution in [2.45, 2.75) is 34.1 Å². The molecule has 0 spiro atoms. The molecule has 7 heterocycles. The number of imidazole rings is 1. The molecule has 6 aromatic heterocycles. The van der Waals surface area contributed by atoms with Crippen LogP contribution < -0.4 is 21.8 Å². The van der Waals surface area contributed by atoms with Gasteiger partial charge in [-0.25, -0.2) is 19.9 Å². The highest BCUT2D eigenvalue weighted by atomic mass is 35.5. The SMILES string of the molecule is CC1=CC(=O)N(Nc2nc(-c3cccs3)nc3cccc(C)c23)C1=O.Cc1ccc2nc(NCCN)c3ncc(C)n3c2c1.O=C(Nc1cc(Cl)cc2c1Cc1cnccc1-2)c1cccnc1. The Morgan fingerprint density at radius 1 is 0.851 bits per heavy atom. The Kier molecular flexibility index (Phi) is 12.5. The molecule has 3 amide bonds. The number of pyridine rings is 2. The number of benzene rings is 3. The summed E-state index contributed by atoms with van der Waals surface area (Å²) in [5.41, 5.74) is 21.4. The van der Waals surface area contributed by atoms with E-state index in [1.54, 1.807) is 43.7 Å². The first-order chi connectivity index (χ1) is 32.5. The number of aromatic nitrogens is 7. The van der Waals surface area contributed by atoms with E-state index in [9.17, 15) is 14.4 Å². The third-order valence-corrected chi connectivity index (χ3v) is 12.2. The third kappa shape index (κ3) is 9.05. The number of carbonyl (C=O) groups is 3. The highest BCUT2D eigenvalue weighted by Crippen LogP contribution is 2.42. The van der Waals surface area contributed by atoms with Crippen LogP contribution in [0.5, 0.6) is 0 Å². The maximum absolute atomic E-state index is 12.4. The number of thiophene rings is 1. The number of nitrogens with two attached hydrogens (primary N) is 1. The van der Waals surface area contributed by atoms with Gasteiger partial charge in [-0.15, -0.1) is 11.3 Å². The van der Waals surface area contributed by atoms with Gasteiger partial charge in [0.2, 0.25) is 0 Å². The van der Waals surface area contributed by atoms with Crippen LogP contribution in [0.15, 0.2) is 127 Å². The number of halogens is 1. The Morgan fingerprint density at radius 2 is 1.70 bits per heavy atom. The molecule has 9 aromatic rings. The van der Waals surface area contributed by atoms with Crippen LogP contribution in [-0.4, -0.2) is 70.1 Å². The number of anilines is 3. The summed E-state index contributed by atoms with van der Waals surface area (Å²) >= 11 is 7.78. The predicted molar refractivity (Wildman–Crippen MR) is 264 cm³/mol. The lowest BCUT2D eigenvalue weighted by molar-refractivity contribution is -0.135. The Balaban J connectivity index is 0.000000127. The highest BCUT2D eigenvalue weighted by Gasteiger charge is 2.30. The van der Waals surface area contributed by atoms with Gasteiger partial charge in [0.1, 0.15) is 0 Å². The van der Waals surface area contributed by atoms with E-state index in [1.165, 1.54) is 23.0 Å². The van der Waals surface area contributed by atoms with Crippen LogP contribution in [0.3, 0.4) is 0 Å². The second-order valence-corrected chi connectivity index (χ2v) is 17.3. The van der Waals surface area contributed by atoms with Crippen LogP contribution in [0.2, 0.25) is 5.02 Å². The molecule has 0 atom stereocenters. The van der Waals surface area contributed by atoms with Crippen LogP contribution in [0.1, 0.15) is 45.2 Å². The molecule has 0 radical (unpaired) electrons. The van der Waals surface area contributed by atoms with E-state index in [4.69, 9.17) is 17.3 Å². The van der Waals surface area contributed by atoms with Crippen molar-refractivity contribution in [2.24, 2.45) is 5.73 Å². The molecule has 11 rings (SSSR count). The molecule has 0 saturated heterocycles. The van der Waals surface area contributed by atoms with Crippen molar-refractivity contribution in [2.75, 3.05) is 29.1 Å². The maximum Gasteiger partial charge on any atom is 0.275 e. The summed E-state index contributed by atoms with van der Waals surface area (Å²) in [7, 11) is 0. The smallest absolute Gasteiger partial charge is 0.275 e. The summed E-state index contributed by atoms with van der Waals surface area (Å²) in [6.07, 6.45) is 10.7. The van der Waals surface area contributed by atoms with Crippen LogP contribution in [-0.2, 0) is 16.0 Å². The zero-order valence-electron chi connectivity index (χ0n) is 36.8. The molecule has 1 aliphatic heterocycles. The summed E-state index contributed by atoms with van der Waals surface area (Å²) in [4.78, 5) is 64.0. The van der Waals surface area contributed by atoms with Gasteiger partial charge < -0.3 is 16.4 Å². The first kappa shape index (κ1) is 44.3. The standard InChI is InChI=1S/C18H12ClN3O.C18H14N4O2S.C14H17N5/c19-13-7-15-14-3-5-21-10-12(14)6-16(15)17(8-13)22-18(23)11-2-1-4-20-9-11;1-10-5-3-6-12-15(10)17(20-16(19-12)13-7-4-8-25-13)21-22-14(23)9-11(2)18(22)24;1-9-3-4-11-12(7-9)19-10(2)8-17-14(19)13(18-11)16-6-5-15/h1-5,7-10H,6H2,(H,22,23);3-9H,1-2H3,(H,19,20,21);3-4,7-8H,5-6,15H2,1-2H3,(H,16,18). The van der Waals surface area contributed by atoms with E-state index in [1.807, 2.05) is 73.2 Å². The molecule has 0 unspecified atom stereocenters. The fourth-order valence-electron chi connectivity index (χ4n) is 7.94. The van der Waals surface area contributed by atoms with Crippen LogP contribution in [0.25, 0.3) is 49.4 Å². The maximum atomic E-state index is 12.4. The van der Waals surface area contributed by atoms with Gasteiger partial charge >= 0.3 is 0 Å². The average molecular weight is 927 g/mol. The summed E-state index contributed by atoms with van der Waals surface area (Å²) in [6, 6.07) is 25.0. The minimum absolute atomic E-state index is 0.198. The number of rotatable bonds is 8. The number of imide groups is 1. The minimum atomic E-state index is -0.402. The molecule has 334 valence electrons. The van der Waals surface area contributed by atoms with Crippen molar-refractivity contribution in [1.29, 1.82) is 0 Å². The number of nitrogens with one attached hydrogen (secondary N) is 3. The lowest BCUT2D eigenvalue weighted by Crippen LogP contribution is -2.36. The molecular weight excluding hydrogens is 884 g/mol. The molecule has 1 aliphatic carbocycles. The second-order valence-electron chi connectivity index (χ2n) is 15.9. The van der Waals surface area contributed by atoms with E-state index in [0.717, 1.165) is 88.9 Å². The Labute approximate surface area is 393 Å². The summed E-state index contributed by atoms with van der Waals surface area (Å²) in [6.45, 7) is 8.94. The molecule has 15 nitrogen and oxygen atoms in total. The number of carbonyl (C=O) groups excluding carboxylic acids is 3. The average Bonchev–Trinajstić information content (AvgIpc) is 4.14. The number of hydrogen-bond donors (Lipinski definition) is 4. The van der Waals surface area contributed by atoms with Gasteiger partial charge in [0.05, 0.1) is 27.0 Å². The molecule has 0 bridgehead atoms. The van der Waals surface area contributed by atoms with Crippen molar-refractivity contribution < 1.29 is 14.4 Å². The number of hydrazine groups is 1. The molecule has 67 heavy (non-hydrogen) atoms. The largest absolute Gasteiger partial charge is 0.366 e. The molecule has 5 N–H and O–H groups in total. The van der Waals surface area contributed by atoms with Crippen LogP contribution in [0, 0.1) is 20.8 Å². The predicted octanol–water partition coefficient (Wildman–Crippen LogP) is 9.13. The molecule has 0 fully saturated rings. The van der Waals surface area contributed by atoms with Gasteiger partial charge in [-0.2, -0.15) is 5.01 Å². The summed E-state index contributed by atoms with van der Waals surface area (Å²) in [5.74, 6) is 0.811. The van der Waals surface area contributed by atoms with Gasteiger partial charge in [0.15, 0.2) is 23.1 Å². The Bertz CT molecular complexity index is 3410. The van der Waals surface area contributed by atoms with Crippen molar-refractivity contribution in [1.82, 2.24) is 39.3 Å². The second kappa shape index (κ2) is 18.9. The van der Waals surface area contributed by atoms with E-state index in [-0.39, 0.29) is 11.8 Å². The van der Waals surface area contributed by atoms with E-state index in [0.29, 0.717) is 40.9 Å². The minimum Gasteiger partial charge on any atom is -0.366 e.